The van der Waals surface area contributed by atoms with Crippen molar-refractivity contribution in [2.75, 3.05) is 18.4 Å². The van der Waals surface area contributed by atoms with Crippen LogP contribution in [0.2, 0.25) is 0 Å². The average Bonchev–Trinajstić information content (AvgIpc) is 2.73. The molecule has 3 N–H and O–H groups in total. The molecule has 1 aliphatic rings. The molecule has 0 saturated carbocycles. The van der Waals surface area contributed by atoms with Gasteiger partial charge in [0.25, 0.3) is 5.91 Å². The van der Waals surface area contributed by atoms with Crippen molar-refractivity contribution < 1.29 is 19.5 Å². The minimum Gasteiger partial charge on any atom is -0.481 e. The fraction of sp³-hybridized carbons (Fsp3) is 0.333. The van der Waals surface area contributed by atoms with Crippen molar-refractivity contribution in [2.45, 2.75) is 19.9 Å². The number of anilines is 1. The minimum atomic E-state index is -0.798. The van der Waals surface area contributed by atoms with E-state index < -0.39 is 11.9 Å². The average molecular weight is 396 g/mol. The summed E-state index contributed by atoms with van der Waals surface area (Å²) >= 11 is 0. The van der Waals surface area contributed by atoms with Crippen LogP contribution in [0.15, 0.2) is 48.8 Å². The number of likely N-dealkylation sites (tertiary alicyclic amines) is 1. The number of nitrogens with zero attached hydrogens (tertiary/aromatic N) is 2. The summed E-state index contributed by atoms with van der Waals surface area (Å²) < 4.78 is 0. The maximum Gasteiger partial charge on any atom is 0.317 e. The summed E-state index contributed by atoms with van der Waals surface area (Å²) in [6, 6.07) is 10.4. The first kappa shape index (κ1) is 20.3. The van der Waals surface area contributed by atoms with Gasteiger partial charge in [0, 0.05) is 37.7 Å². The number of carboxylic acids is 1. The molecule has 2 heterocycles. The molecule has 152 valence electrons. The Hall–Kier alpha value is -3.42. The van der Waals surface area contributed by atoms with Crippen LogP contribution in [0.25, 0.3) is 0 Å². The number of aliphatic carboxylic acids is 1. The summed E-state index contributed by atoms with van der Waals surface area (Å²) in [6.07, 6.45) is 3.57. The maximum absolute atomic E-state index is 12.4. The second kappa shape index (κ2) is 9.18. The van der Waals surface area contributed by atoms with Gasteiger partial charge < -0.3 is 20.6 Å². The Bertz CT molecular complexity index is 870. The lowest BCUT2D eigenvalue weighted by Crippen LogP contribution is -2.48. The van der Waals surface area contributed by atoms with Crippen molar-refractivity contribution in [1.29, 1.82) is 0 Å². The molecule has 1 saturated heterocycles. The van der Waals surface area contributed by atoms with Gasteiger partial charge in [-0.2, -0.15) is 0 Å². The highest BCUT2D eigenvalue weighted by atomic mass is 16.4. The number of nitrogens with one attached hydrogen (secondary N) is 2. The zero-order valence-electron chi connectivity index (χ0n) is 16.2. The summed E-state index contributed by atoms with van der Waals surface area (Å²) in [5, 5.41) is 14.8. The van der Waals surface area contributed by atoms with E-state index in [0.29, 0.717) is 37.3 Å². The molecule has 1 aliphatic heterocycles. The number of hydrogen-bond donors (Lipinski definition) is 3. The van der Waals surface area contributed by atoms with Crippen molar-refractivity contribution >= 4 is 23.6 Å². The van der Waals surface area contributed by atoms with Gasteiger partial charge in [-0.1, -0.05) is 19.1 Å². The minimum absolute atomic E-state index is 0.0743. The number of carboxylic acid groups (broad SMARTS) is 1. The molecule has 0 bridgehead atoms. The van der Waals surface area contributed by atoms with Gasteiger partial charge in [0.2, 0.25) is 0 Å². The van der Waals surface area contributed by atoms with Gasteiger partial charge in [0.1, 0.15) is 0 Å². The van der Waals surface area contributed by atoms with E-state index in [4.69, 9.17) is 0 Å². The van der Waals surface area contributed by atoms with E-state index in [1.54, 1.807) is 35.4 Å². The molecule has 3 amide bonds. The first-order valence-electron chi connectivity index (χ1n) is 9.50. The number of carbonyl (C=O) groups excluding carboxylic acids is 2. The van der Waals surface area contributed by atoms with Crippen molar-refractivity contribution in [3.63, 3.8) is 0 Å². The quantitative estimate of drug-likeness (QED) is 0.719. The Morgan fingerprint density at radius 2 is 1.97 bits per heavy atom. The van der Waals surface area contributed by atoms with Crippen LogP contribution >= 0.6 is 0 Å². The van der Waals surface area contributed by atoms with Crippen LogP contribution in [0.4, 0.5) is 10.5 Å². The van der Waals surface area contributed by atoms with Crippen molar-refractivity contribution in [1.82, 2.24) is 15.2 Å². The van der Waals surface area contributed by atoms with Crippen LogP contribution in [0, 0.1) is 11.8 Å². The summed E-state index contributed by atoms with van der Waals surface area (Å²) in [5.74, 6) is -1.51. The zero-order chi connectivity index (χ0) is 20.8. The van der Waals surface area contributed by atoms with Gasteiger partial charge in [-0.3, -0.25) is 14.6 Å². The number of rotatable bonds is 5. The van der Waals surface area contributed by atoms with Gasteiger partial charge >= 0.3 is 12.0 Å². The molecular formula is C21H24N4O4. The van der Waals surface area contributed by atoms with Gasteiger partial charge in [0.15, 0.2) is 0 Å². The molecule has 3 rings (SSSR count). The van der Waals surface area contributed by atoms with E-state index in [2.05, 4.69) is 15.6 Å². The highest BCUT2D eigenvalue weighted by molar-refractivity contribution is 6.04. The molecule has 0 radical (unpaired) electrons. The second-order valence-electron chi connectivity index (χ2n) is 7.21. The van der Waals surface area contributed by atoms with Gasteiger partial charge in [-0.25, -0.2) is 4.79 Å². The lowest BCUT2D eigenvalue weighted by Gasteiger charge is -2.34. The van der Waals surface area contributed by atoms with Crippen LogP contribution in [0.1, 0.15) is 29.3 Å². The fourth-order valence-electron chi connectivity index (χ4n) is 3.39. The highest BCUT2D eigenvalue weighted by Crippen LogP contribution is 2.23. The Morgan fingerprint density at radius 3 is 2.59 bits per heavy atom. The molecule has 2 unspecified atom stereocenters. The highest BCUT2D eigenvalue weighted by Gasteiger charge is 2.32. The van der Waals surface area contributed by atoms with Crippen LogP contribution in [-0.4, -0.2) is 46.0 Å². The van der Waals surface area contributed by atoms with Gasteiger partial charge in [0.05, 0.1) is 11.5 Å². The topological polar surface area (TPSA) is 112 Å². The number of amides is 3. The number of aromatic nitrogens is 1. The molecular weight excluding hydrogens is 372 g/mol. The Balaban J connectivity index is 1.48. The van der Waals surface area contributed by atoms with Crippen molar-refractivity contribution in [3.8, 4) is 0 Å². The first-order chi connectivity index (χ1) is 13.9. The van der Waals surface area contributed by atoms with E-state index >= 15 is 0 Å². The number of piperidine rings is 1. The normalized spacial score (nSPS) is 18.7. The largest absolute Gasteiger partial charge is 0.481 e. The molecule has 2 aromatic rings. The molecule has 0 aliphatic carbocycles. The molecule has 29 heavy (non-hydrogen) atoms. The molecule has 1 aromatic carbocycles. The van der Waals surface area contributed by atoms with Gasteiger partial charge in [-0.05, 0) is 42.2 Å². The molecule has 8 nitrogen and oxygen atoms in total. The third kappa shape index (κ3) is 5.31. The third-order valence-corrected chi connectivity index (χ3v) is 5.09. The predicted molar refractivity (Wildman–Crippen MR) is 107 cm³/mol. The van der Waals surface area contributed by atoms with Crippen LogP contribution in [0.5, 0.6) is 0 Å². The standard InChI is InChI=1S/C21H24N4O4/c1-14-13-25(10-8-18(14)20(27)28)21(29)23-11-15-4-6-17(7-5-15)24-19(26)16-3-2-9-22-12-16/h2-7,9,12,14,18H,8,10-11,13H2,1H3,(H,23,29)(H,24,26)(H,27,28). The summed E-state index contributed by atoms with van der Waals surface area (Å²) in [7, 11) is 0. The maximum atomic E-state index is 12.4. The number of pyridine rings is 1. The number of urea groups is 1. The molecule has 2 atom stereocenters. The summed E-state index contributed by atoms with van der Waals surface area (Å²) in [6.45, 7) is 3.08. The fourth-order valence-corrected chi connectivity index (χ4v) is 3.39. The lowest BCUT2D eigenvalue weighted by molar-refractivity contribution is -0.145. The van der Waals surface area contributed by atoms with Crippen molar-refractivity contribution in [3.05, 3.63) is 59.9 Å². The molecule has 8 heteroatoms. The second-order valence-corrected chi connectivity index (χ2v) is 7.21. The van der Waals surface area contributed by atoms with Crippen LogP contribution in [0.3, 0.4) is 0 Å². The first-order valence-corrected chi connectivity index (χ1v) is 9.50. The molecule has 1 fully saturated rings. The van der Waals surface area contributed by atoms with E-state index in [9.17, 15) is 19.5 Å². The Kier molecular flexibility index (Phi) is 6.43. The van der Waals surface area contributed by atoms with E-state index in [0.717, 1.165) is 5.56 Å². The summed E-state index contributed by atoms with van der Waals surface area (Å²) in [4.78, 5) is 41.3. The number of carbonyl (C=O) groups is 3. The third-order valence-electron chi connectivity index (χ3n) is 5.09. The number of hydrogen-bond acceptors (Lipinski definition) is 4. The lowest BCUT2D eigenvalue weighted by atomic mass is 9.87. The van der Waals surface area contributed by atoms with Crippen LogP contribution < -0.4 is 10.6 Å². The SMILES string of the molecule is CC1CN(C(=O)NCc2ccc(NC(=O)c3cccnc3)cc2)CCC1C(=O)O. The van der Waals surface area contributed by atoms with Gasteiger partial charge in [-0.15, -0.1) is 0 Å². The summed E-state index contributed by atoms with van der Waals surface area (Å²) in [5.41, 5.74) is 2.02. The Labute approximate surface area is 168 Å². The zero-order valence-corrected chi connectivity index (χ0v) is 16.2. The smallest absolute Gasteiger partial charge is 0.317 e. The molecule has 0 spiro atoms. The van der Waals surface area contributed by atoms with E-state index in [-0.39, 0.29) is 17.9 Å². The Morgan fingerprint density at radius 1 is 1.21 bits per heavy atom. The van der Waals surface area contributed by atoms with E-state index in [1.165, 1.54) is 6.20 Å². The molecule has 1 aromatic heterocycles. The van der Waals surface area contributed by atoms with E-state index in [1.807, 2.05) is 19.1 Å². The monoisotopic (exact) mass is 396 g/mol. The van der Waals surface area contributed by atoms with Crippen LogP contribution in [-0.2, 0) is 11.3 Å². The number of benzene rings is 1. The van der Waals surface area contributed by atoms with Crippen molar-refractivity contribution in [2.24, 2.45) is 11.8 Å². The predicted octanol–water partition coefficient (Wildman–Crippen LogP) is 2.59.